The number of nitrogens with zero attached hydrogens (tertiary/aromatic N) is 1. The molecule has 18 heavy (non-hydrogen) atoms. The molecule has 1 saturated heterocycles. The van der Waals surface area contributed by atoms with Crippen LogP contribution in [0.5, 0.6) is 0 Å². The summed E-state index contributed by atoms with van der Waals surface area (Å²) in [7, 11) is 0. The molecule has 1 fully saturated rings. The van der Waals surface area contributed by atoms with Gasteiger partial charge in [-0.05, 0) is 18.9 Å². The molecule has 6 nitrogen and oxygen atoms in total. The van der Waals surface area contributed by atoms with Crippen molar-refractivity contribution in [1.29, 1.82) is 0 Å². The first-order chi connectivity index (χ1) is 8.58. The van der Waals surface area contributed by atoms with Crippen molar-refractivity contribution in [3.05, 3.63) is 23.5 Å². The monoisotopic (exact) mass is 270 g/mol. The molecule has 0 radical (unpaired) electrons. The summed E-state index contributed by atoms with van der Waals surface area (Å²) in [5.41, 5.74) is 0.381. The number of pyridine rings is 1. The van der Waals surface area contributed by atoms with Crippen molar-refractivity contribution in [2.45, 2.75) is 25.0 Å². The van der Waals surface area contributed by atoms with Gasteiger partial charge in [-0.2, -0.15) is 0 Å². The van der Waals surface area contributed by atoms with Crippen molar-refractivity contribution in [1.82, 2.24) is 4.98 Å². The van der Waals surface area contributed by atoms with Gasteiger partial charge in [0.1, 0.15) is 6.10 Å². The summed E-state index contributed by atoms with van der Waals surface area (Å²) in [6, 6.07) is 1.55. The molecule has 2 unspecified atom stereocenters. The van der Waals surface area contributed by atoms with E-state index in [0.717, 1.165) is 0 Å². The lowest BCUT2D eigenvalue weighted by molar-refractivity contribution is -0.150. The number of carboxylic acid groups (broad SMARTS) is 1. The molecule has 0 aromatic carbocycles. The zero-order valence-electron chi connectivity index (χ0n) is 9.30. The standard InChI is InChI=1S/C11H11ClN2O4/c12-6-3-4-13-5-7(6)14-10(15)8-1-2-9(18-8)11(16)17/h3-5,8-9H,1-2H2,(H,14,15)(H,16,17). The molecule has 1 aliphatic heterocycles. The smallest absolute Gasteiger partial charge is 0.332 e. The van der Waals surface area contributed by atoms with Crippen molar-refractivity contribution in [2.24, 2.45) is 0 Å². The minimum absolute atomic E-state index is 0.328. The second-order valence-electron chi connectivity index (χ2n) is 3.87. The number of hydrogen-bond donors (Lipinski definition) is 2. The number of amides is 1. The maximum atomic E-state index is 11.8. The Balaban J connectivity index is 1.98. The highest BCUT2D eigenvalue weighted by Gasteiger charge is 2.34. The molecule has 7 heteroatoms. The maximum absolute atomic E-state index is 11.8. The van der Waals surface area contributed by atoms with Crippen LogP contribution in [0.25, 0.3) is 0 Å². The van der Waals surface area contributed by atoms with Crippen LogP contribution in [0.2, 0.25) is 5.02 Å². The highest BCUT2D eigenvalue weighted by atomic mass is 35.5. The third-order valence-corrected chi connectivity index (χ3v) is 2.94. The predicted octanol–water partition coefficient (Wildman–Crippen LogP) is 1.31. The van der Waals surface area contributed by atoms with Gasteiger partial charge in [-0.3, -0.25) is 9.78 Å². The van der Waals surface area contributed by atoms with E-state index < -0.39 is 24.1 Å². The number of hydrogen-bond acceptors (Lipinski definition) is 4. The van der Waals surface area contributed by atoms with Gasteiger partial charge in [-0.1, -0.05) is 11.6 Å². The second kappa shape index (κ2) is 5.32. The van der Waals surface area contributed by atoms with E-state index in [0.29, 0.717) is 23.6 Å². The van der Waals surface area contributed by atoms with Crippen molar-refractivity contribution < 1.29 is 19.4 Å². The Morgan fingerprint density at radius 2 is 2.17 bits per heavy atom. The van der Waals surface area contributed by atoms with Gasteiger partial charge in [0.25, 0.3) is 5.91 Å². The van der Waals surface area contributed by atoms with Crippen LogP contribution in [0, 0.1) is 0 Å². The minimum Gasteiger partial charge on any atom is -0.479 e. The summed E-state index contributed by atoms with van der Waals surface area (Å²) in [4.78, 5) is 26.3. The van der Waals surface area contributed by atoms with E-state index in [1.807, 2.05) is 0 Å². The van der Waals surface area contributed by atoms with Gasteiger partial charge in [-0.25, -0.2) is 4.79 Å². The van der Waals surface area contributed by atoms with Gasteiger partial charge in [0.15, 0.2) is 6.10 Å². The van der Waals surface area contributed by atoms with Crippen molar-refractivity contribution in [3.8, 4) is 0 Å². The Labute approximate surface area is 108 Å². The summed E-state index contributed by atoms with van der Waals surface area (Å²) in [6.45, 7) is 0. The molecular weight excluding hydrogens is 260 g/mol. The largest absolute Gasteiger partial charge is 0.479 e. The first kappa shape index (κ1) is 12.8. The van der Waals surface area contributed by atoms with Gasteiger partial charge >= 0.3 is 5.97 Å². The fourth-order valence-electron chi connectivity index (χ4n) is 1.69. The Bertz CT molecular complexity index is 480. The molecule has 2 rings (SSSR count). The number of carboxylic acids is 1. The van der Waals surface area contributed by atoms with Crippen LogP contribution in [0.1, 0.15) is 12.8 Å². The Morgan fingerprint density at radius 3 is 2.78 bits per heavy atom. The highest BCUT2D eigenvalue weighted by Crippen LogP contribution is 2.23. The van der Waals surface area contributed by atoms with Crippen LogP contribution in [-0.2, 0) is 14.3 Å². The first-order valence-corrected chi connectivity index (χ1v) is 5.74. The van der Waals surface area contributed by atoms with Crippen LogP contribution >= 0.6 is 11.6 Å². The third kappa shape index (κ3) is 2.77. The Kier molecular flexibility index (Phi) is 3.78. The number of carbonyl (C=O) groups excluding carboxylic acids is 1. The summed E-state index contributed by atoms with van der Waals surface area (Å²) in [6.07, 6.45) is 1.95. The van der Waals surface area contributed by atoms with Crippen LogP contribution in [0.15, 0.2) is 18.5 Å². The summed E-state index contributed by atoms with van der Waals surface area (Å²) < 4.78 is 5.12. The molecule has 0 spiro atoms. The number of halogens is 1. The highest BCUT2D eigenvalue weighted by molar-refractivity contribution is 6.33. The summed E-state index contributed by atoms with van der Waals surface area (Å²) >= 11 is 5.86. The topological polar surface area (TPSA) is 88.5 Å². The average Bonchev–Trinajstić information content (AvgIpc) is 2.81. The van der Waals surface area contributed by atoms with Crippen LogP contribution in [0.3, 0.4) is 0 Å². The Morgan fingerprint density at radius 1 is 1.44 bits per heavy atom. The van der Waals surface area contributed by atoms with Gasteiger partial charge < -0.3 is 15.2 Å². The normalized spacial score (nSPS) is 22.7. The third-order valence-electron chi connectivity index (χ3n) is 2.61. The molecule has 0 aliphatic carbocycles. The number of rotatable bonds is 3. The van der Waals surface area contributed by atoms with Crippen molar-refractivity contribution >= 4 is 29.2 Å². The fraction of sp³-hybridized carbons (Fsp3) is 0.364. The van der Waals surface area contributed by atoms with Crippen LogP contribution in [-0.4, -0.2) is 34.2 Å². The summed E-state index contributed by atoms with van der Waals surface area (Å²) in [5, 5.41) is 11.7. The molecule has 1 amide bonds. The quantitative estimate of drug-likeness (QED) is 0.864. The molecule has 1 aliphatic rings. The van der Waals surface area contributed by atoms with E-state index in [1.165, 1.54) is 12.4 Å². The zero-order chi connectivity index (χ0) is 13.1. The Hall–Kier alpha value is -1.66. The van der Waals surface area contributed by atoms with Gasteiger partial charge in [0.05, 0.1) is 16.9 Å². The second-order valence-corrected chi connectivity index (χ2v) is 4.28. The fourth-order valence-corrected chi connectivity index (χ4v) is 1.85. The maximum Gasteiger partial charge on any atom is 0.332 e. The van der Waals surface area contributed by atoms with E-state index >= 15 is 0 Å². The lowest BCUT2D eigenvalue weighted by atomic mass is 10.2. The van der Waals surface area contributed by atoms with E-state index in [-0.39, 0.29) is 0 Å². The van der Waals surface area contributed by atoms with Crippen molar-refractivity contribution in [3.63, 3.8) is 0 Å². The summed E-state index contributed by atoms with van der Waals surface area (Å²) in [5.74, 6) is -1.46. The molecule has 0 bridgehead atoms. The molecule has 96 valence electrons. The number of carbonyl (C=O) groups is 2. The van der Waals surface area contributed by atoms with E-state index in [4.69, 9.17) is 21.4 Å². The van der Waals surface area contributed by atoms with Gasteiger partial charge in [-0.15, -0.1) is 0 Å². The minimum atomic E-state index is -1.05. The average molecular weight is 271 g/mol. The molecule has 1 aromatic heterocycles. The van der Waals surface area contributed by atoms with Gasteiger partial charge in [0, 0.05) is 6.20 Å². The molecule has 1 aromatic rings. The number of anilines is 1. The molecular formula is C11H11ClN2O4. The van der Waals surface area contributed by atoms with E-state index in [1.54, 1.807) is 6.07 Å². The predicted molar refractivity (Wildman–Crippen MR) is 63.4 cm³/mol. The number of ether oxygens (including phenoxy) is 1. The SMILES string of the molecule is O=C(O)C1CCC(C(=O)Nc2cnccc2Cl)O1. The molecule has 2 N–H and O–H groups in total. The lowest BCUT2D eigenvalue weighted by Gasteiger charge is -2.12. The van der Waals surface area contributed by atoms with Crippen LogP contribution < -0.4 is 5.32 Å². The number of nitrogens with one attached hydrogen (secondary N) is 1. The van der Waals surface area contributed by atoms with Gasteiger partial charge in [0.2, 0.25) is 0 Å². The molecule has 0 saturated carbocycles. The van der Waals surface area contributed by atoms with Crippen molar-refractivity contribution in [2.75, 3.05) is 5.32 Å². The molecule has 2 heterocycles. The zero-order valence-corrected chi connectivity index (χ0v) is 10.1. The van der Waals surface area contributed by atoms with Crippen LogP contribution in [0.4, 0.5) is 5.69 Å². The van der Waals surface area contributed by atoms with E-state index in [9.17, 15) is 9.59 Å². The lowest BCUT2D eigenvalue weighted by Crippen LogP contribution is -2.30. The first-order valence-electron chi connectivity index (χ1n) is 5.36. The number of aliphatic carboxylic acids is 1. The van der Waals surface area contributed by atoms with E-state index in [2.05, 4.69) is 10.3 Å². The number of aromatic nitrogens is 1. The molecule has 2 atom stereocenters.